The first-order valence-electron chi connectivity index (χ1n) is 6.52. The van der Waals surface area contributed by atoms with Crippen LogP contribution in [0.3, 0.4) is 0 Å². The standard InChI is InChI=1S/C13H16N4O4/c14-13(19)11-8-15-5-6-16(11)12(18)7-9-3-1-2-4-10(9)17(20)21/h1-4,11,15H,5-8H2,(H2,14,19). The molecule has 2 rings (SSSR count). The number of nitrogens with one attached hydrogen (secondary N) is 1. The van der Waals surface area contributed by atoms with Crippen molar-refractivity contribution in [1.82, 2.24) is 10.2 Å². The maximum atomic E-state index is 12.3. The van der Waals surface area contributed by atoms with Crippen molar-refractivity contribution in [2.45, 2.75) is 12.5 Å². The van der Waals surface area contributed by atoms with Gasteiger partial charge in [-0.05, 0) is 0 Å². The van der Waals surface area contributed by atoms with Crippen LogP contribution in [0.1, 0.15) is 5.56 Å². The number of benzene rings is 1. The van der Waals surface area contributed by atoms with Gasteiger partial charge in [-0.2, -0.15) is 0 Å². The molecule has 0 bridgehead atoms. The largest absolute Gasteiger partial charge is 0.368 e. The second-order valence-electron chi connectivity index (χ2n) is 4.77. The average Bonchev–Trinajstić information content (AvgIpc) is 2.47. The summed E-state index contributed by atoms with van der Waals surface area (Å²) in [7, 11) is 0. The molecule has 1 unspecified atom stereocenters. The molecule has 1 saturated heterocycles. The Kier molecular flexibility index (Phi) is 4.49. The number of hydrogen-bond acceptors (Lipinski definition) is 5. The summed E-state index contributed by atoms with van der Waals surface area (Å²) in [4.78, 5) is 35.5. The van der Waals surface area contributed by atoms with Gasteiger partial charge < -0.3 is 16.0 Å². The lowest BCUT2D eigenvalue weighted by molar-refractivity contribution is -0.385. The molecule has 112 valence electrons. The summed E-state index contributed by atoms with van der Waals surface area (Å²) >= 11 is 0. The zero-order valence-corrected chi connectivity index (χ0v) is 11.3. The van der Waals surface area contributed by atoms with Crippen molar-refractivity contribution < 1.29 is 14.5 Å². The van der Waals surface area contributed by atoms with E-state index in [-0.39, 0.29) is 18.0 Å². The quantitative estimate of drug-likeness (QED) is 0.568. The molecule has 1 fully saturated rings. The first-order valence-corrected chi connectivity index (χ1v) is 6.52. The van der Waals surface area contributed by atoms with Crippen LogP contribution in [0.15, 0.2) is 24.3 Å². The zero-order chi connectivity index (χ0) is 15.4. The van der Waals surface area contributed by atoms with Crippen LogP contribution in [0, 0.1) is 10.1 Å². The average molecular weight is 292 g/mol. The molecule has 8 nitrogen and oxygen atoms in total. The highest BCUT2D eigenvalue weighted by atomic mass is 16.6. The molecule has 1 aliphatic rings. The number of hydrogen-bond donors (Lipinski definition) is 2. The van der Waals surface area contributed by atoms with Gasteiger partial charge in [-0.1, -0.05) is 18.2 Å². The maximum Gasteiger partial charge on any atom is 0.273 e. The summed E-state index contributed by atoms with van der Waals surface area (Å²) in [5.74, 6) is -0.923. The Hall–Kier alpha value is -2.48. The van der Waals surface area contributed by atoms with Crippen molar-refractivity contribution in [3.8, 4) is 0 Å². The molecule has 0 spiro atoms. The van der Waals surface area contributed by atoms with E-state index in [0.717, 1.165) is 0 Å². The first-order chi connectivity index (χ1) is 10.0. The third-order valence-corrected chi connectivity index (χ3v) is 3.42. The van der Waals surface area contributed by atoms with Crippen LogP contribution in [-0.2, 0) is 16.0 Å². The number of rotatable bonds is 4. The Morgan fingerprint density at radius 1 is 1.43 bits per heavy atom. The summed E-state index contributed by atoms with van der Waals surface area (Å²) in [5.41, 5.74) is 5.51. The summed E-state index contributed by atoms with van der Waals surface area (Å²) in [6, 6.07) is 5.36. The zero-order valence-electron chi connectivity index (χ0n) is 11.3. The van der Waals surface area contributed by atoms with Crippen molar-refractivity contribution in [2.24, 2.45) is 5.73 Å². The normalized spacial score (nSPS) is 18.3. The highest BCUT2D eigenvalue weighted by molar-refractivity contribution is 5.88. The van der Waals surface area contributed by atoms with Crippen LogP contribution < -0.4 is 11.1 Å². The number of nitrogens with two attached hydrogens (primary N) is 1. The van der Waals surface area contributed by atoms with Gasteiger partial charge in [-0.25, -0.2) is 0 Å². The van der Waals surface area contributed by atoms with E-state index < -0.39 is 16.9 Å². The summed E-state index contributed by atoms with van der Waals surface area (Å²) in [6.45, 7) is 1.22. The van der Waals surface area contributed by atoms with Crippen LogP contribution >= 0.6 is 0 Å². The molecule has 1 aliphatic heterocycles. The molecule has 8 heteroatoms. The van der Waals surface area contributed by atoms with Gasteiger partial charge in [0.05, 0.1) is 11.3 Å². The monoisotopic (exact) mass is 292 g/mol. The summed E-state index contributed by atoms with van der Waals surface area (Å²) < 4.78 is 0. The van der Waals surface area contributed by atoms with Gasteiger partial charge in [0.25, 0.3) is 5.69 Å². The predicted octanol–water partition coefficient (Wildman–Crippen LogP) is -0.577. The highest BCUT2D eigenvalue weighted by Gasteiger charge is 2.31. The van der Waals surface area contributed by atoms with E-state index in [1.807, 2.05) is 0 Å². The van der Waals surface area contributed by atoms with E-state index in [4.69, 9.17) is 5.73 Å². The summed E-state index contributed by atoms with van der Waals surface area (Å²) in [5, 5.41) is 13.9. The SMILES string of the molecule is NC(=O)C1CNCCN1C(=O)Cc1ccccc1[N+](=O)[O-]. The molecule has 1 heterocycles. The van der Waals surface area contributed by atoms with Crippen molar-refractivity contribution in [3.05, 3.63) is 39.9 Å². The molecule has 1 aromatic rings. The van der Waals surface area contributed by atoms with Crippen molar-refractivity contribution in [3.63, 3.8) is 0 Å². The molecule has 2 amide bonds. The lowest BCUT2D eigenvalue weighted by atomic mass is 10.1. The van der Waals surface area contributed by atoms with Gasteiger partial charge in [-0.15, -0.1) is 0 Å². The first kappa shape index (κ1) is 14.9. The molecule has 1 atom stereocenters. The molecule has 21 heavy (non-hydrogen) atoms. The van der Waals surface area contributed by atoms with Crippen LogP contribution in [0.2, 0.25) is 0 Å². The van der Waals surface area contributed by atoms with Crippen LogP contribution in [0.5, 0.6) is 0 Å². The van der Waals surface area contributed by atoms with Gasteiger partial charge in [0.15, 0.2) is 0 Å². The molecule has 0 saturated carbocycles. The molecule has 0 radical (unpaired) electrons. The van der Waals surface area contributed by atoms with E-state index in [1.54, 1.807) is 12.1 Å². The number of primary amides is 1. The summed E-state index contributed by atoms with van der Waals surface area (Å²) in [6.07, 6.45) is -0.124. The van der Waals surface area contributed by atoms with Crippen LogP contribution in [-0.4, -0.2) is 47.3 Å². The lowest BCUT2D eigenvalue weighted by Crippen LogP contribution is -2.59. The number of carbonyl (C=O) groups excluding carboxylic acids is 2. The topological polar surface area (TPSA) is 119 Å². The third-order valence-electron chi connectivity index (χ3n) is 3.42. The Bertz CT molecular complexity index is 575. The fourth-order valence-electron chi connectivity index (χ4n) is 2.36. The van der Waals surface area contributed by atoms with Crippen molar-refractivity contribution in [2.75, 3.05) is 19.6 Å². The van der Waals surface area contributed by atoms with Gasteiger partial charge in [-0.3, -0.25) is 19.7 Å². The fourth-order valence-corrected chi connectivity index (χ4v) is 2.36. The second kappa shape index (κ2) is 6.31. The number of nitro groups is 1. The number of nitro benzene ring substituents is 1. The van der Waals surface area contributed by atoms with Crippen LogP contribution in [0.4, 0.5) is 5.69 Å². The predicted molar refractivity (Wildman–Crippen MR) is 74.4 cm³/mol. The van der Waals surface area contributed by atoms with Crippen molar-refractivity contribution >= 4 is 17.5 Å². The Morgan fingerprint density at radius 3 is 2.81 bits per heavy atom. The van der Waals surface area contributed by atoms with Crippen molar-refractivity contribution in [1.29, 1.82) is 0 Å². The van der Waals surface area contributed by atoms with Gasteiger partial charge >= 0.3 is 0 Å². The van der Waals surface area contributed by atoms with E-state index in [0.29, 0.717) is 25.2 Å². The van der Waals surface area contributed by atoms with E-state index in [2.05, 4.69) is 5.32 Å². The molecular weight excluding hydrogens is 276 g/mol. The van der Waals surface area contributed by atoms with E-state index >= 15 is 0 Å². The Morgan fingerprint density at radius 2 is 2.14 bits per heavy atom. The number of amides is 2. The Balaban J connectivity index is 2.17. The number of piperazine rings is 1. The molecule has 3 N–H and O–H groups in total. The van der Waals surface area contributed by atoms with E-state index in [1.165, 1.54) is 17.0 Å². The molecule has 0 aliphatic carbocycles. The molecule has 1 aromatic carbocycles. The smallest absolute Gasteiger partial charge is 0.273 e. The number of nitrogens with zero attached hydrogens (tertiary/aromatic N) is 2. The second-order valence-corrected chi connectivity index (χ2v) is 4.77. The van der Waals surface area contributed by atoms with Gasteiger partial charge in [0.1, 0.15) is 6.04 Å². The molecular formula is C13H16N4O4. The highest BCUT2D eigenvalue weighted by Crippen LogP contribution is 2.19. The third kappa shape index (κ3) is 3.34. The van der Waals surface area contributed by atoms with E-state index in [9.17, 15) is 19.7 Å². The minimum atomic E-state index is -0.714. The minimum Gasteiger partial charge on any atom is -0.368 e. The van der Waals surface area contributed by atoms with Gasteiger partial charge in [0, 0.05) is 31.3 Å². The maximum absolute atomic E-state index is 12.3. The minimum absolute atomic E-state index is 0.100. The Labute approximate surface area is 121 Å². The number of carbonyl (C=O) groups is 2. The molecule has 0 aromatic heterocycles. The lowest BCUT2D eigenvalue weighted by Gasteiger charge is -2.34. The number of para-hydroxylation sites is 1. The fraction of sp³-hybridized carbons (Fsp3) is 0.385. The van der Waals surface area contributed by atoms with Gasteiger partial charge in [0.2, 0.25) is 11.8 Å². The van der Waals surface area contributed by atoms with Crippen LogP contribution in [0.25, 0.3) is 0 Å².